The van der Waals surface area contributed by atoms with E-state index in [4.69, 9.17) is 17.3 Å². The molecule has 28 heavy (non-hydrogen) atoms. The fraction of sp³-hybridized carbons (Fsp3) is 0.190. The van der Waals surface area contributed by atoms with E-state index in [1.165, 1.54) is 0 Å². The molecule has 5 rings (SSSR count). The van der Waals surface area contributed by atoms with Crippen LogP contribution in [0.25, 0.3) is 6.08 Å². The Bertz CT molecular complexity index is 1070. The van der Waals surface area contributed by atoms with E-state index >= 15 is 0 Å². The summed E-state index contributed by atoms with van der Waals surface area (Å²) in [6.07, 6.45) is 3.77. The fourth-order valence-corrected chi connectivity index (χ4v) is 5.13. The number of primary amides is 1. The first-order valence-electron chi connectivity index (χ1n) is 9.05. The summed E-state index contributed by atoms with van der Waals surface area (Å²) >= 11 is 6.06. The van der Waals surface area contributed by atoms with Gasteiger partial charge in [-0.2, -0.15) is 0 Å². The van der Waals surface area contributed by atoms with Gasteiger partial charge >= 0.3 is 0 Å². The van der Waals surface area contributed by atoms with Gasteiger partial charge in [0.05, 0.1) is 11.9 Å². The predicted molar refractivity (Wildman–Crippen MR) is 103 cm³/mol. The molecule has 3 amide bonds. The van der Waals surface area contributed by atoms with Crippen molar-refractivity contribution in [3.8, 4) is 0 Å². The molecule has 0 spiro atoms. The quantitative estimate of drug-likeness (QED) is 0.743. The Hall–Kier alpha value is -2.96. The number of rotatable bonds is 2. The number of halogens is 1. The number of anilines is 1. The molecular formula is C21H17ClN3O3+. The van der Waals surface area contributed by atoms with E-state index in [-0.39, 0.29) is 11.9 Å². The molecule has 2 aromatic rings. The van der Waals surface area contributed by atoms with Crippen LogP contribution >= 0.6 is 11.6 Å². The molecule has 0 radical (unpaired) electrons. The van der Waals surface area contributed by atoms with Crippen molar-refractivity contribution < 1.29 is 19.3 Å². The second kappa shape index (κ2) is 6.02. The van der Waals surface area contributed by atoms with E-state index in [1.807, 2.05) is 36.5 Å². The Balaban J connectivity index is 1.66. The Morgan fingerprint density at radius 1 is 1.04 bits per heavy atom. The largest absolute Gasteiger partial charge is 0.364 e. The number of amides is 3. The summed E-state index contributed by atoms with van der Waals surface area (Å²) in [5.41, 5.74) is 8.06. The van der Waals surface area contributed by atoms with Crippen molar-refractivity contribution in [2.24, 2.45) is 17.6 Å². The number of carbonyl (C=O) groups is 3. The molecule has 140 valence electrons. The molecule has 0 saturated carbocycles. The van der Waals surface area contributed by atoms with Gasteiger partial charge in [0.15, 0.2) is 6.04 Å². The molecule has 3 N–H and O–H groups in total. The highest BCUT2D eigenvalue weighted by Crippen LogP contribution is 2.44. The van der Waals surface area contributed by atoms with Crippen molar-refractivity contribution in [2.75, 3.05) is 4.90 Å². The Labute approximate surface area is 166 Å². The average molecular weight is 395 g/mol. The summed E-state index contributed by atoms with van der Waals surface area (Å²) in [5, 5.41) is 0.430. The molecule has 7 heteroatoms. The van der Waals surface area contributed by atoms with Crippen LogP contribution in [0.4, 0.5) is 5.69 Å². The van der Waals surface area contributed by atoms with Crippen LogP contribution < -0.4 is 15.5 Å². The summed E-state index contributed by atoms with van der Waals surface area (Å²) in [4.78, 5) is 41.0. The first-order chi connectivity index (χ1) is 13.5. The van der Waals surface area contributed by atoms with Crippen molar-refractivity contribution in [1.82, 2.24) is 0 Å². The maximum absolute atomic E-state index is 13.4. The fourth-order valence-electron chi connectivity index (χ4n) is 4.95. The van der Waals surface area contributed by atoms with Crippen LogP contribution in [0.5, 0.6) is 0 Å². The lowest BCUT2D eigenvalue weighted by Crippen LogP contribution is -3.12. The van der Waals surface area contributed by atoms with E-state index in [2.05, 4.69) is 0 Å². The molecular weight excluding hydrogens is 378 g/mol. The molecule has 2 saturated heterocycles. The first kappa shape index (κ1) is 17.2. The van der Waals surface area contributed by atoms with Gasteiger partial charge in [-0.15, -0.1) is 0 Å². The van der Waals surface area contributed by atoms with Gasteiger partial charge in [0.1, 0.15) is 17.9 Å². The molecule has 6 nitrogen and oxygen atoms in total. The number of fused-ring (bicyclic) bond motifs is 5. The Kier molecular flexibility index (Phi) is 3.69. The monoisotopic (exact) mass is 394 g/mol. The second-order valence-electron chi connectivity index (χ2n) is 7.36. The first-order valence-corrected chi connectivity index (χ1v) is 9.43. The zero-order valence-electron chi connectivity index (χ0n) is 14.7. The van der Waals surface area contributed by atoms with Gasteiger partial charge in [-0.3, -0.25) is 19.3 Å². The third-order valence-corrected chi connectivity index (χ3v) is 6.23. The molecule has 2 aromatic carbocycles. The number of nitrogens with two attached hydrogens (primary N) is 1. The Morgan fingerprint density at radius 3 is 2.54 bits per heavy atom. The van der Waals surface area contributed by atoms with Crippen LogP contribution in [0.3, 0.4) is 0 Å². The smallest absolute Gasteiger partial charge is 0.277 e. The van der Waals surface area contributed by atoms with E-state index in [0.717, 1.165) is 20.9 Å². The summed E-state index contributed by atoms with van der Waals surface area (Å²) < 4.78 is 0. The minimum Gasteiger partial charge on any atom is -0.364 e. The van der Waals surface area contributed by atoms with E-state index in [0.29, 0.717) is 10.7 Å². The summed E-state index contributed by atoms with van der Waals surface area (Å²) in [6.45, 7) is 0. The third-order valence-electron chi connectivity index (χ3n) is 5.99. The van der Waals surface area contributed by atoms with Crippen molar-refractivity contribution in [2.45, 2.75) is 12.1 Å². The van der Waals surface area contributed by atoms with Gasteiger partial charge in [-0.25, -0.2) is 4.90 Å². The number of nitrogens with zero attached hydrogens (tertiary/aromatic N) is 1. The highest BCUT2D eigenvalue weighted by molar-refractivity contribution is 6.31. The highest BCUT2D eigenvalue weighted by atomic mass is 35.5. The number of hydrogen-bond donors (Lipinski definition) is 2. The van der Waals surface area contributed by atoms with E-state index < -0.39 is 29.7 Å². The molecule has 0 aromatic heterocycles. The third kappa shape index (κ3) is 2.22. The highest BCUT2D eigenvalue weighted by Gasteiger charge is 2.67. The van der Waals surface area contributed by atoms with Crippen LogP contribution in [0, 0.1) is 11.8 Å². The van der Waals surface area contributed by atoms with Crippen molar-refractivity contribution >= 4 is 41.1 Å². The summed E-state index contributed by atoms with van der Waals surface area (Å²) in [6, 6.07) is 13.2. The van der Waals surface area contributed by atoms with Gasteiger partial charge in [0, 0.05) is 10.6 Å². The van der Waals surface area contributed by atoms with Crippen molar-refractivity contribution in [3.63, 3.8) is 0 Å². The zero-order valence-corrected chi connectivity index (χ0v) is 15.5. The van der Waals surface area contributed by atoms with Crippen LogP contribution in [0.15, 0.2) is 54.7 Å². The molecule has 3 aliphatic rings. The summed E-state index contributed by atoms with van der Waals surface area (Å²) in [5.74, 6) is -2.72. The number of imide groups is 1. The van der Waals surface area contributed by atoms with Crippen molar-refractivity contribution in [1.29, 1.82) is 0 Å². The van der Waals surface area contributed by atoms with Crippen LogP contribution in [0.2, 0.25) is 5.02 Å². The number of quaternary nitrogens is 1. The van der Waals surface area contributed by atoms with Gasteiger partial charge in [0.25, 0.3) is 5.91 Å². The summed E-state index contributed by atoms with van der Waals surface area (Å²) in [7, 11) is 0. The Morgan fingerprint density at radius 2 is 1.79 bits per heavy atom. The van der Waals surface area contributed by atoms with Gasteiger partial charge in [-0.1, -0.05) is 41.9 Å². The van der Waals surface area contributed by atoms with E-state index in [9.17, 15) is 14.4 Å². The average Bonchev–Trinajstić information content (AvgIpc) is 3.15. The lowest BCUT2D eigenvalue weighted by atomic mass is 9.84. The SMILES string of the molecule is NC(=O)[C@H]1[C@@H]2C(=O)N(c3cccc(Cl)c3)C(=O)[C@@H]2[C@H]2c3ccccc3C=C[NH+]21. The zero-order chi connectivity index (χ0) is 19.6. The molecule has 3 aliphatic heterocycles. The van der Waals surface area contributed by atoms with E-state index in [1.54, 1.807) is 24.3 Å². The van der Waals surface area contributed by atoms with Gasteiger partial charge in [-0.05, 0) is 29.8 Å². The minimum absolute atomic E-state index is 0.311. The normalized spacial score (nSPS) is 30.2. The lowest BCUT2D eigenvalue weighted by molar-refractivity contribution is -0.884. The maximum atomic E-state index is 13.4. The van der Waals surface area contributed by atoms with Crippen molar-refractivity contribution in [3.05, 3.63) is 70.9 Å². The predicted octanol–water partition coefficient (Wildman–Crippen LogP) is 0.924. The number of benzene rings is 2. The minimum atomic E-state index is -0.792. The second-order valence-corrected chi connectivity index (χ2v) is 7.80. The van der Waals surface area contributed by atoms with Gasteiger partial charge < -0.3 is 5.73 Å². The standard InChI is InChI=1S/C21H16ClN3O3/c22-12-5-3-6-13(10-12)25-20(27)15-16(21(25)28)18(19(23)26)24-9-8-11-4-1-2-7-14(11)17(15)24/h1-10,15-18H,(H2,23,26)/p+1/t15-,16+,17+,18+/m0/s1. The molecule has 0 bridgehead atoms. The van der Waals surface area contributed by atoms with Crippen LogP contribution in [-0.2, 0) is 14.4 Å². The van der Waals surface area contributed by atoms with Crippen LogP contribution in [-0.4, -0.2) is 23.8 Å². The molecule has 2 fully saturated rings. The van der Waals surface area contributed by atoms with Crippen LogP contribution in [0.1, 0.15) is 17.2 Å². The maximum Gasteiger partial charge on any atom is 0.277 e. The number of nitrogens with one attached hydrogen (secondary N) is 1. The molecule has 1 unspecified atom stereocenters. The molecule has 5 atom stereocenters. The molecule has 3 heterocycles. The topological polar surface area (TPSA) is 84.9 Å². The van der Waals surface area contributed by atoms with Gasteiger partial charge in [0.2, 0.25) is 11.8 Å². The number of hydrogen-bond acceptors (Lipinski definition) is 3. The number of carbonyl (C=O) groups excluding carboxylic acids is 3. The molecule has 0 aliphatic carbocycles. The lowest BCUT2D eigenvalue weighted by Gasteiger charge is -2.30.